The highest BCUT2D eigenvalue weighted by atomic mass is 19.4. The molecule has 0 bridgehead atoms. The molecule has 1 heterocycles. The zero-order chi connectivity index (χ0) is 13.3. The smallest absolute Gasteiger partial charge is 0.261 e. The van der Waals surface area contributed by atoms with Gasteiger partial charge in [0.2, 0.25) is 0 Å². The average molecular weight is 251 g/mol. The minimum absolute atomic E-state index is 0.131. The van der Waals surface area contributed by atoms with Crippen molar-refractivity contribution in [1.82, 2.24) is 4.98 Å². The zero-order valence-corrected chi connectivity index (χ0v) is 10.0. The summed E-state index contributed by atoms with van der Waals surface area (Å²) in [5, 5.41) is 0. The maximum atomic E-state index is 13.0. The van der Waals surface area contributed by atoms with Crippen LogP contribution in [0.5, 0.6) is 0 Å². The van der Waals surface area contributed by atoms with Gasteiger partial charge in [0, 0.05) is 17.5 Å². The molecule has 0 N–H and O–H groups in total. The lowest BCUT2D eigenvalue weighted by molar-refractivity contribution is -0.137. The molecule has 1 aromatic carbocycles. The number of aromatic nitrogens is 1. The number of alkyl halides is 3. The zero-order valence-electron chi connectivity index (χ0n) is 10.0. The third-order valence-electron chi connectivity index (χ3n) is 2.78. The van der Waals surface area contributed by atoms with E-state index >= 15 is 0 Å². The van der Waals surface area contributed by atoms with Crippen molar-refractivity contribution >= 4 is 0 Å². The Labute approximate surface area is 103 Å². The van der Waals surface area contributed by atoms with Crippen molar-refractivity contribution in [3.05, 3.63) is 53.3 Å². The highest BCUT2D eigenvalue weighted by Crippen LogP contribution is 2.37. The standard InChI is InChI=1S/C14H12F3N/c1-9-5-3-4-6-11(9)12-8-18-10(2)7-13(12)14(15,16)17/h3-8H,1-2H3. The van der Waals surface area contributed by atoms with E-state index in [4.69, 9.17) is 0 Å². The first kappa shape index (κ1) is 12.6. The average Bonchev–Trinajstić information content (AvgIpc) is 2.29. The molecule has 0 saturated carbocycles. The van der Waals surface area contributed by atoms with Gasteiger partial charge >= 0.3 is 6.18 Å². The molecule has 0 spiro atoms. The predicted octanol–water partition coefficient (Wildman–Crippen LogP) is 4.38. The van der Waals surface area contributed by atoms with E-state index in [1.165, 1.54) is 6.20 Å². The third kappa shape index (κ3) is 2.37. The monoisotopic (exact) mass is 251 g/mol. The SMILES string of the molecule is Cc1cc(C(F)(F)F)c(-c2ccccc2C)cn1. The maximum absolute atomic E-state index is 13.0. The molecular weight excluding hydrogens is 239 g/mol. The molecule has 2 rings (SSSR count). The van der Waals surface area contributed by atoms with Crippen LogP contribution in [0, 0.1) is 13.8 Å². The fraction of sp³-hybridized carbons (Fsp3) is 0.214. The quantitative estimate of drug-likeness (QED) is 0.732. The lowest BCUT2D eigenvalue weighted by Gasteiger charge is -2.14. The number of benzene rings is 1. The fourth-order valence-electron chi connectivity index (χ4n) is 1.88. The molecule has 4 heteroatoms. The second-order valence-electron chi connectivity index (χ2n) is 4.18. The highest BCUT2D eigenvalue weighted by Gasteiger charge is 2.34. The Balaban J connectivity index is 2.69. The molecule has 0 unspecified atom stereocenters. The lowest BCUT2D eigenvalue weighted by Crippen LogP contribution is -2.08. The van der Waals surface area contributed by atoms with Crippen LogP contribution in [0.2, 0.25) is 0 Å². The van der Waals surface area contributed by atoms with Gasteiger partial charge in [0.05, 0.1) is 5.56 Å². The van der Waals surface area contributed by atoms with E-state index in [1.807, 2.05) is 0 Å². The minimum atomic E-state index is -4.37. The summed E-state index contributed by atoms with van der Waals surface area (Å²) < 4.78 is 39.1. The van der Waals surface area contributed by atoms with E-state index < -0.39 is 11.7 Å². The molecule has 94 valence electrons. The van der Waals surface area contributed by atoms with Crippen LogP contribution < -0.4 is 0 Å². The van der Waals surface area contributed by atoms with Gasteiger partial charge in [-0.05, 0) is 31.0 Å². The summed E-state index contributed by atoms with van der Waals surface area (Å²) in [5.74, 6) is 0. The molecule has 0 atom stereocenters. The van der Waals surface area contributed by atoms with Crippen LogP contribution in [0.1, 0.15) is 16.8 Å². The van der Waals surface area contributed by atoms with Gasteiger partial charge in [-0.2, -0.15) is 13.2 Å². The fourth-order valence-corrected chi connectivity index (χ4v) is 1.88. The largest absolute Gasteiger partial charge is 0.417 e. The van der Waals surface area contributed by atoms with Gasteiger partial charge in [-0.25, -0.2) is 0 Å². The van der Waals surface area contributed by atoms with Crippen molar-refractivity contribution in [2.75, 3.05) is 0 Å². The molecule has 2 aromatic rings. The summed E-state index contributed by atoms with van der Waals surface area (Å²) in [6, 6.07) is 8.07. The third-order valence-corrected chi connectivity index (χ3v) is 2.78. The molecular formula is C14H12F3N. The van der Waals surface area contributed by atoms with Crippen molar-refractivity contribution in [3.8, 4) is 11.1 Å². The second-order valence-corrected chi connectivity index (χ2v) is 4.18. The van der Waals surface area contributed by atoms with E-state index in [0.29, 0.717) is 11.3 Å². The van der Waals surface area contributed by atoms with E-state index in [0.717, 1.165) is 11.6 Å². The van der Waals surface area contributed by atoms with Gasteiger partial charge in [-0.3, -0.25) is 4.98 Å². The summed E-state index contributed by atoms with van der Waals surface area (Å²) in [6.45, 7) is 3.34. The highest BCUT2D eigenvalue weighted by molar-refractivity contribution is 5.70. The number of pyridine rings is 1. The second kappa shape index (κ2) is 4.44. The molecule has 0 radical (unpaired) electrons. The number of hydrogen-bond acceptors (Lipinski definition) is 1. The minimum Gasteiger partial charge on any atom is -0.261 e. The van der Waals surface area contributed by atoms with Crippen LogP contribution in [0.25, 0.3) is 11.1 Å². The summed E-state index contributed by atoms with van der Waals surface area (Å²) in [5.41, 5.74) is 1.22. The normalized spacial score (nSPS) is 11.6. The van der Waals surface area contributed by atoms with Gasteiger partial charge in [-0.1, -0.05) is 24.3 Å². The molecule has 1 aromatic heterocycles. The molecule has 0 aliphatic rings. The van der Waals surface area contributed by atoms with Crippen molar-refractivity contribution in [3.63, 3.8) is 0 Å². The van der Waals surface area contributed by atoms with Crippen molar-refractivity contribution in [2.24, 2.45) is 0 Å². The first-order chi connectivity index (χ1) is 8.39. The van der Waals surface area contributed by atoms with Crippen molar-refractivity contribution in [2.45, 2.75) is 20.0 Å². The molecule has 0 aliphatic heterocycles. The Morgan fingerprint density at radius 3 is 2.28 bits per heavy atom. The van der Waals surface area contributed by atoms with Crippen LogP contribution in [0.15, 0.2) is 36.5 Å². The number of hydrogen-bond donors (Lipinski definition) is 0. The summed E-state index contributed by atoms with van der Waals surface area (Å²) in [7, 11) is 0. The van der Waals surface area contributed by atoms with Crippen molar-refractivity contribution < 1.29 is 13.2 Å². The van der Waals surface area contributed by atoms with Crippen LogP contribution in [0.3, 0.4) is 0 Å². The van der Waals surface area contributed by atoms with Crippen molar-refractivity contribution in [1.29, 1.82) is 0 Å². The molecule has 18 heavy (non-hydrogen) atoms. The van der Waals surface area contributed by atoms with Crippen LogP contribution in [-0.2, 0) is 6.18 Å². The molecule has 0 saturated heterocycles. The topological polar surface area (TPSA) is 12.9 Å². The molecule has 1 nitrogen and oxygen atoms in total. The van der Waals surface area contributed by atoms with Crippen LogP contribution in [0.4, 0.5) is 13.2 Å². The van der Waals surface area contributed by atoms with E-state index in [-0.39, 0.29) is 5.56 Å². The van der Waals surface area contributed by atoms with Gasteiger partial charge in [0.15, 0.2) is 0 Å². The Morgan fingerprint density at radius 2 is 1.67 bits per heavy atom. The number of halogens is 3. The van der Waals surface area contributed by atoms with Crippen LogP contribution in [-0.4, -0.2) is 4.98 Å². The van der Waals surface area contributed by atoms with Gasteiger partial charge in [0.1, 0.15) is 0 Å². The summed E-state index contributed by atoms with van der Waals surface area (Å²) in [4.78, 5) is 3.97. The Bertz CT molecular complexity index is 573. The number of nitrogens with zero attached hydrogens (tertiary/aromatic N) is 1. The summed E-state index contributed by atoms with van der Waals surface area (Å²) >= 11 is 0. The predicted molar refractivity (Wildman–Crippen MR) is 64.1 cm³/mol. The number of rotatable bonds is 1. The van der Waals surface area contributed by atoms with E-state index in [9.17, 15) is 13.2 Å². The molecule has 0 aliphatic carbocycles. The number of aryl methyl sites for hydroxylation is 2. The lowest BCUT2D eigenvalue weighted by atomic mass is 9.97. The first-order valence-corrected chi connectivity index (χ1v) is 5.49. The van der Waals surface area contributed by atoms with Gasteiger partial charge < -0.3 is 0 Å². The Morgan fingerprint density at radius 1 is 1.00 bits per heavy atom. The van der Waals surface area contributed by atoms with E-state index in [1.54, 1.807) is 38.1 Å². The summed E-state index contributed by atoms with van der Waals surface area (Å²) in [6.07, 6.45) is -3.08. The Hall–Kier alpha value is -1.84. The van der Waals surface area contributed by atoms with Crippen LogP contribution >= 0.6 is 0 Å². The molecule has 0 amide bonds. The van der Waals surface area contributed by atoms with E-state index in [2.05, 4.69) is 4.98 Å². The first-order valence-electron chi connectivity index (χ1n) is 5.49. The molecule has 0 fully saturated rings. The maximum Gasteiger partial charge on any atom is 0.417 e. The van der Waals surface area contributed by atoms with Gasteiger partial charge in [0.25, 0.3) is 0 Å². The van der Waals surface area contributed by atoms with Gasteiger partial charge in [-0.15, -0.1) is 0 Å². The Kier molecular flexibility index (Phi) is 3.11.